The van der Waals surface area contributed by atoms with Crippen LogP contribution in [0.1, 0.15) is 50.2 Å². The minimum absolute atomic E-state index is 0.233. The molecule has 3 rings (SSSR count). The Hall–Kier alpha value is -2.02. The van der Waals surface area contributed by atoms with Gasteiger partial charge in [0.05, 0.1) is 11.2 Å². The molecule has 2 aromatic heterocycles. The molecule has 0 saturated heterocycles. The van der Waals surface area contributed by atoms with Crippen molar-refractivity contribution in [1.82, 2.24) is 20.3 Å². The van der Waals surface area contributed by atoms with E-state index in [0.717, 1.165) is 36.9 Å². The highest BCUT2D eigenvalue weighted by molar-refractivity contribution is 5.58. The van der Waals surface area contributed by atoms with Crippen LogP contribution in [0.3, 0.4) is 0 Å². The van der Waals surface area contributed by atoms with Gasteiger partial charge in [-0.15, -0.1) is 0 Å². The number of aromatic nitrogens is 4. The van der Waals surface area contributed by atoms with Gasteiger partial charge in [0.15, 0.2) is 5.82 Å². The molecule has 2 heterocycles. The van der Waals surface area contributed by atoms with E-state index in [4.69, 9.17) is 10.3 Å². The first-order valence-electron chi connectivity index (χ1n) is 7.33. The van der Waals surface area contributed by atoms with Gasteiger partial charge in [-0.1, -0.05) is 19.0 Å². The van der Waals surface area contributed by atoms with Gasteiger partial charge in [0.1, 0.15) is 5.56 Å². The molecule has 0 aromatic carbocycles. The Bertz CT molecular complexity index is 714. The SMILES string of the molecule is CCc1n[nH]c(=O)c(-c2nc(C3(N)CCC3)no2)c1CC. The molecular formula is C14H19N5O2. The number of H-pyrrole nitrogens is 1. The Morgan fingerprint density at radius 1 is 1.33 bits per heavy atom. The molecule has 3 N–H and O–H groups in total. The molecule has 0 bridgehead atoms. The molecule has 0 radical (unpaired) electrons. The van der Waals surface area contributed by atoms with Crippen molar-refractivity contribution in [2.45, 2.75) is 51.5 Å². The van der Waals surface area contributed by atoms with Gasteiger partial charge in [0, 0.05) is 0 Å². The average Bonchev–Trinajstić information content (AvgIpc) is 2.93. The third kappa shape index (κ3) is 2.17. The Balaban J connectivity index is 2.10. The number of nitrogens with one attached hydrogen (secondary N) is 1. The monoisotopic (exact) mass is 289 g/mol. The van der Waals surface area contributed by atoms with Crippen LogP contribution in [0.25, 0.3) is 11.5 Å². The molecule has 0 spiro atoms. The lowest BCUT2D eigenvalue weighted by Gasteiger charge is -2.34. The summed E-state index contributed by atoms with van der Waals surface area (Å²) in [6.07, 6.45) is 4.17. The molecule has 1 saturated carbocycles. The Morgan fingerprint density at radius 3 is 2.67 bits per heavy atom. The van der Waals surface area contributed by atoms with E-state index in [2.05, 4.69) is 20.3 Å². The first kappa shape index (κ1) is 13.9. The zero-order chi connectivity index (χ0) is 15.0. The van der Waals surface area contributed by atoms with Crippen molar-refractivity contribution in [3.05, 3.63) is 27.4 Å². The summed E-state index contributed by atoms with van der Waals surface area (Å²) in [6, 6.07) is 0. The number of aromatic amines is 1. The smallest absolute Gasteiger partial charge is 0.277 e. The van der Waals surface area contributed by atoms with Crippen LogP contribution < -0.4 is 11.3 Å². The topological polar surface area (TPSA) is 111 Å². The lowest BCUT2D eigenvalue weighted by molar-refractivity contribution is 0.229. The Labute approximate surface area is 121 Å². The second-order valence-corrected chi connectivity index (χ2v) is 5.49. The highest BCUT2D eigenvalue weighted by Crippen LogP contribution is 2.37. The number of hydrogen-bond donors (Lipinski definition) is 2. The van der Waals surface area contributed by atoms with Gasteiger partial charge < -0.3 is 10.3 Å². The van der Waals surface area contributed by atoms with Gasteiger partial charge in [-0.05, 0) is 37.7 Å². The van der Waals surface area contributed by atoms with Crippen LogP contribution in [0.4, 0.5) is 0 Å². The normalized spacial score (nSPS) is 16.7. The summed E-state index contributed by atoms with van der Waals surface area (Å²) in [4.78, 5) is 16.5. The van der Waals surface area contributed by atoms with Gasteiger partial charge in [-0.3, -0.25) is 4.79 Å². The van der Waals surface area contributed by atoms with Gasteiger partial charge in [-0.25, -0.2) is 5.10 Å². The molecule has 0 amide bonds. The Kier molecular flexibility index (Phi) is 3.36. The van der Waals surface area contributed by atoms with Crippen molar-refractivity contribution in [3.8, 4) is 11.5 Å². The van der Waals surface area contributed by atoms with Crippen LogP contribution in [-0.2, 0) is 18.4 Å². The quantitative estimate of drug-likeness (QED) is 0.877. The fraction of sp³-hybridized carbons (Fsp3) is 0.571. The minimum atomic E-state index is -0.499. The maximum absolute atomic E-state index is 12.1. The number of aryl methyl sites for hydroxylation is 1. The standard InChI is InChI=1S/C14H19N5O2/c1-3-8-9(4-2)17-18-11(20)10(8)12-16-13(19-21-12)14(15)6-5-7-14/h3-7,15H2,1-2H3,(H,18,20). The molecule has 7 heteroatoms. The maximum Gasteiger partial charge on any atom is 0.277 e. The van der Waals surface area contributed by atoms with Gasteiger partial charge >= 0.3 is 0 Å². The molecule has 7 nitrogen and oxygen atoms in total. The zero-order valence-corrected chi connectivity index (χ0v) is 12.3. The largest absolute Gasteiger partial charge is 0.334 e. The number of nitrogens with two attached hydrogens (primary N) is 1. The summed E-state index contributed by atoms with van der Waals surface area (Å²) in [7, 11) is 0. The van der Waals surface area contributed by atoms with Crippen LogP contribution in [-0.4, -0.2) is 20.3 Å². The second kappa shape index (κ2) is 5.07. The third-order valence-electron chi connectivity index (χ3n) is 4.19. The maximum atomic E-state index is 12.1. The molecule has 1 aliphatic carbocycles. The molecule has 0 atom stereocenters. The van der Waals surface area contributed by atoms with E-state index in [1.165, 1.54) is 0 Å². The van der Waals surface area contributed by atoms with Crippen molar-refractivity contribution in [2.75, 3.05) is 0 Å². The fourth-order valence-corrected chi connectivity index (χ4v) is 2.73. The van der Waals surface area contributed by atoms with Crippen molar-refractivity contribution in [1.29, 1.82) is 0 Å². The first-order valence-corrected chi connectivity index (χ1v) is 7.33. The van der Waals surface area contributed by atoms with E-state index >= 15 is 0 Å². The van der Waals surface area contributed by atoms with Gasteiger partial charge in [-0.2, -0.15) is 10.1 Å². The van der Waals surface area contributed by atoms with Crippen LogP contribution >= 0.6 is 0 Å². The van der Waals surface area contributed by atoms with E-state index in [1.807, 2.05) is 13.8 Å². The summed E-state index contributed by atoms with van der Waals surface area (Å²) in [5, 5.41) is 10.6. The van der Waals surface area contributed by atoms with Crippen LogP contribution in [0.15, 0.2) is 9.32 Å². The number of hydrogen-bond acceptors (Lipinski definition) is 6. The van der Waals surface area contributed by atoms with Crippen LogP contribution in [0.5, 0.6) is 0 Å². The van der Waals surface area contributed by atoms with E-state index in [1.54, 1.807) is 0 Å². The van der Waals surface area contributed by atoms with Crippen molar-refractivity contribution in [2.24, 2.45) is 5.73 Å². The molecular weight excluding hydrogens is 270 g/mol. The summed E-state index contributed by atoms with van der Waals surface area (Å²) >= 11 is 0. The Morgan fingerprint density at radius 2 is 2.10 bits per heavy atom. The van der Waals surface area contributed by atoms with Crippen LogP contribution in [0, 0.1) is 0 Å². The van der Waals surface area contributed by atoms with Crippen LogP contribution in [0.2, 0.25) is 0 Å². The molecule has 1 fully saturated rings. The van der Waals surface area contributed by atoms with E-state index in [9.17, 15) is 4.79 Å². The van der Waals surface area contributed by atoms with Crippen molar-refractivity contribution >= 4 is 0 Å². The van der Waals surface area contributed by atoms with Gasteiger partial charge in [0.25, 0.3) is 11.4 Å². The van der Waals surface area contributed by atoms with Gasteiger partial charge in [0.2, 0.25) is 0 Å². The highest BCUT2D eigenvalue weighted by atomic mass is 16.5. The van der Waals surface area contributed by atoms with E-state index < -0.39 is 5.54 Å². The molecule has 21 heavy (non-hydrogen) atoms. The summed E-state index contributed by atoms with van der Waals surface area (Å²) in [5.74, 6) is 0.719. The minimum Gasteiger partial charge on any atom is -0.334 e. The zero-order valence-electron chi connectivity index (χ0n) is 12.3. The second-order valence-electron chi connectivity index (χ2n) is 5.49. The fourth-order valence-electron chi connectivity index (χ4n) is 2.73. The molecule has 1 aliphatic rings. The molecule has 112 valence electrons. The molecule has 0 unspecified atom stereocenters. The first-order chi connectivity index (χ1) is 10.1. The third-order valence-corrected chi connectivity index (χ3v) is 4.19. The van der Waals surface area contributed by atoms with E-state index in [-0.39, 0.29) is 11.4 Å². The molecule has 0 aliphatic heterocycles. The molecule has 2 aromatic rings. The van der Waals surface area contributed by atoms with Crippen molar-refractivity contribution in [3.63, 3.8) is 0 Å². The summed E-state index contributed by atoms with van der Waals surface area (Å²) in [5.41, 5.74) is 7.52. The van der Waals surface area contributed by atoms with Crippen molar-refractivity contribution < 1.29 is 4.52 Å². The highest BCUT2D eigenvalue weighted by Gasteiger charge is 2.39. The lowest BCUT2D eigenvalue weighted by Crippen LogP contribution is -2.44. The number of nitrogens with zero attached hydrogens (tertiary/aromatic N) is 3. The van der Waals surface area contributed by atoms with E-state index in [0.29, 0.717) is 17.8 Å². The summed E-state index contributed by atoms with van der Waals surface area (Å²) < 4.78 is 5.31. The number of rotatable bonds is 4. The average molecular weight is 289 g/mol. The summed E-state index contributed by atoms with van der Waals surface area (Å²) in [6.45, 7) is 3.97. The predicted molar refractivity (Wildman–Crippen MR) is 76.6 cm³/mol. The predicted octanol–water partition coefficient (Wildman–Crippen LogP) is 1.28. The lowest BCUT2D eigenvalue weighted by atomic mass is 9.77.